The number of rotatable bonds is 7. The Kier molecular flexibility index (Phi) is 6.21. The first-order chi connectivity index (χ1) is 14.0. The number of aryl methyl sites for hydroxylation is 1. The van der Waals surface area contributed by atoms with E-state index in [0.29, 0.717) is 22.2 Å². The van der Waals surface area contributed by atoms with Gasteiger partial charge in [-0.05, 0) is 37.1 Å². The Morgan fingerprint density at radius 3 is 2.60 bits per heavy atom. The fourth-order valence-electron chi connectivity index (χ4n) is 3.03. The van der Waals surface area contributed by atoms with Crippen LogP contribution in [0.5, 0.6) is 5.75 Å². The first-order valence-corrected chi connectivity index (χ1v) is 11.7. The number of methoxy groups -OCH3 is 1. The lowest BCUT2D eigenvalue weighted by molar-refractivity contribution is 0.103. The summed E-state index contributed by atoms with van der Waals surface area (Å²) in [6, 6.07) is 6.21. The zero-order valence-corrected chi connectivity index (χ0v) is 19.5. The summed E-state index contributed by atoms with van der Waals surface area (Å²) in [4.78, 5) is 14.5. The first kappa shape index (κ1) is 22.3. The molecule has 1 amide bonds. The number of hydrogen-bond acceptors (Lipinski definition) is 6. The lowest BCUT2D eigenvalue weighted by atomic mass is 10.2. The minimum absolute atomic E-state index is 0.0726. The molecule has 0 aliphatic heterocycles. The number of benzene rings is 1. The third-order valence-electron chi connectivity index (χ3n) is 4.57. The van der Waals surface area contributed by atoms with Gasteiger partial charge in [0, 0.05) is 26.0 Å². The molecule has 0 aliphatic carbocycles. The number of carbonyl (C=O) groups is 1. The summed E-state index contributed by atoms with van der Waals surface area (Å²) in [5.74, 6) is 0.478. The van der Waals surface area contributed by atoms with Gasteiger partial charge in [0.1, 0.15) is 10.6 Å². The monoisotopic (exact) mass is 450 g/mol. The van der Waals surface area contributed by atoms with Crippen LogP contribution in [0.15, 0.2) is 29.2 Å². The molecule has 2 aromatic heterocycles. The highest BCUT2D eigenvalue weighted by molar-refractivity contribution is 7.89. The maximum Gasteiger partial charge on any atom is 0.265 e. The lowest BCUT2D eigenvalue weighted by Gasteiger charge is -2.15. The first-order valence-electron chi connectivity index (χ1n) is 9.43. The summed E-state index contributed by atoms with van der Waals surface area (Å²) >= 11 is 1.36. The van der Waals surface area contributed by atoms with Crippen molar-refractivity contribution < 1.29 is 17.9 Å². The van der Waals surface area contributed by atoms with Crippen molar-refractivity contribution in [1.82, 2.24) is 14.1 Å². The number of sulfonamides is 1. The van der Waals surface area contributed by atoms with Gasteiger partial charge in [0.25, 0.3) is 5.91 Å². The van der Waals surface area contributed by atoms with Crippen molar-refractivity contribution in [2.75, 3.05) is 26.5 Å². The molecule has 30 heavy (non-hydrogen) atoms. The Hall–Kier alpha value is -2.43. The zero-order chi connectivity index (χ0) is 22.2. The summed E-state index contributed by atoms with van der Waals surface area (Å²) in [6.45, 7) is 6.92. The highest BCUT2D eigenvalue weighted by atomic mass is 32.2. The molecular weight excluding hydrogens is 424 g/mol. The van der Waals surface area contributed by atoms with Gasteiger partial charge in [-0.2, -0.15) is 5.10 Å². The molecule has 0 atom stereocenters. The molecule has 0 saturated heterocycles. The number of anilines is 1. The van der Waals surface area contributed by atoms with Gasteiger partial charge in [0.15, 0.2) is 0 Å². The van der Waals surface area contributed by atoms with E-state index in [2.05, 4.69) is 24.3 Å². The maximum absolute atomic E-state index is 12.9. The molecule has 162 valence electrons. The number of nitrogens with zero attached hydrogens (tertiary/aromatic N) is 3. The molecule has 0 unspecified atom stereocenters. The molecule has 0 radical (unpaired) electrons. The van der Waals surface area contributed by atoms with Gasteiger partial charge in [-0.15, -0.1) is 11.3 Å². The molecule has 0 saturated carbocycles. The van der Waals surface area contributed by atoms with Gasteiger partial charge in [0.05, 0.1) is 28.3 Å². The van der Waals surface area contributed by atoms with Gasteiger partial charge in [0.2, 0.25) is 10.0 Å². The van der Waals surface area contributed by atoms with Crippen LogP contribution < -0.4 is 10.1 Å². The SMILES string of the molecule is COc1ccc(S(=O)(=O)N(C)C)cc1NC(=O)c1cc2c(C)nn(CC(C)C)c2s1. The third-order valence-corrected chi connectivity index (χ3v) is 7.53. The Bertz CT molecular complexity index is 1190. The van der Waals surface area contributed by atoms with E-state index in [9.17, 15) is 13.2 Å². The van der Waals surface area contributed by atoms with Gasteiger partial charge in [-0.25, -0.2) is 12.7 Å². The zero-order valence-electron chi connectivity index (χ0n) is 17.9. The summed E-state index contributed by atoms with van der Waals surface area (Å²) < 4.78 is 33.3. The van der Waals surface area contributed by atoms with Crippen molar-refractivity contribution in [2.45, 2.75) is 32.2 Å². The number of thiophene rings is 1. The smallest absolute Gasteiger partial charge is 0.265 e. The van der Waals surface area contributed by atoms with Crippen LogP contribution in [-0.2, 0) is 16.6 Å². The lowest BCUT2D eigenvalue weighted by Crippen LogP contribution is -2.22. The molecular formula is C20H26N4O4S2. The van der Waals surface area contributed by atoms with E-state index in [0.717, 1.165) is 26.8 Å². The van der Waals surface area contributed by atoms with E-state index < -0.39 is 10.0 Å². The minimum atomic E-state index is -3.64. The molecule has 2 heterocycles. The summed E-state index contributed by atoms with van der Waals surface area (Å²) in [6.07, 6.45) is 0. The minimum Gasteiger partial charge on any atom is -0.495 e. The van der Waals surface area contributed by atoms with E-state index in [1.165, 1.54) is 50.7 Å². The molecule has 0 aliphatic rings. The molecule has 0 fully saturated rings. The number of fused-ring (bicyclic) bond motifs is 1. The molecule has 1 N–H and O–H groups in total. The molecule has 0 spiro atoms. The highest BCUT2D eigenvalue weighted by Crippen LogP contribution is 2.32. The van der Waals surface area contributed by atoms with Gasteiger partial charge < -0.3 is 10.1 Å². The van der Waals surface area contributed by atoms with Crippen molar-refractivity contribution in [1.29, 1.82) is 0 Å². The van der Waals surface area contributed by atoms with Crippen LogP contribution >= 0.6 is 11.3 Å². The molecule has 0 bridgehead atoms. The third kappa shape index (κ3) is 4.21. The molecule has 8 nitrogen and oxygen atoms in total. The van der Waals surface area contributed by atoms with Crippen molar-refractivity contribution in [3.63, 3.8) is 0 Å². The van der Waals surface area contributed by atoms with E-state index in [1.54, 1.807) is 0 Å². The van der Waals surface area contributed by atoms with Gasteiger partial charge in [-0.3, -0.25) is 9.48 Å². The predicted octanol–water partition coefficient (Wildman–Crippen LogP) is 3.57. The van der Waals surface area contributed by atoms with E-state index in [-0.39, 0.29) is 10.8 Å². The van der Waals surface area contributed by atoms with Crippen LogP contribution in [-0.4, -0.2) is 49.6 Å². The fraction of sp³-hybridized carbons (Fsp3) is 0.400. The quantitative estimate of drug-likeness (QED) is 0.594. The van der Waals surface area contributed by atoms with Crippen molar-refractivity contribution in [3.8, 4) is 5.75 Å². The van der Waals surface area contributed by atoms with Crippen molar-refractivity contribution >= 4 is 43.2 Å². The van der Waals surface area contributed by atoms with E-state index >= 15 is 0 Å². The second-order valence-electron chi connectivity index (χ2n) is 7.59. The molecule has 3 rings (SSSR count). The van der Waals surface area contributed by atoms with Gasteiger partial charge in [-0.1, -0.05) is 13.8 Å². The van der Waals surface area contributed by atoms with Crippen LogP contribution in [0.3, 0.4) is 0 Å². The van der Waals surface area contributed by atoms with Crippen molar-refractivity contribution in [2.24, 2.45) is 5.92 Å². The second kappa shape index (κ2) is 8.37. The summed E-state index contributed by atoms with van der Waals surface area (Å²) in [5.41, 5.74) is 1.17. The van der Waals surface area contributed by atoms with Crippen LogP contribution in [0.4, 0.5) is 5.69 Å². The molecule has 3 aromatic rings. The van der Waals surface area contributed by atoms with Crippen LogP contribution in [0.25, 0.3) is 10.2 Å². The van der Waals surface area contributed by atoms with Crippen molar-refractivity contribution in [3.05, 3.63) is 34.8 Å². The second-order valence-corrected chi connectivity index (χ2v) is 10.8. The maximum atomic E-state index is 12.9. The predicted molar refractivity (Wildman–Crippen MR) is 119 cm³/mol. The van der Waals surface area contributed by atoms with Gasteiger partial charge >= 0.3 is 0 Å². The summed E-state index contributed by atoms with van der Waals surface area (Å²) in [5, 5.41) is 8.30. The van der Waals surface area contributed by atoms with E-state index in [1.807, 2.05) is 17.7 Å². The Morgan fingerprint density at radius 2 is 2.00 bits per heavy atom. The largest absolute Gasteiger partial charge is 0.495 e. The highest BCUT2D eigenvalue weighted by Gasteiger charge is 2.21. The number of amides is 1. The number of nitrogens with one attached hydrogen (secondary N) is 1. The Labute approximate surface area is 180 Å². The normalized spacial score (nSPS) is 12.1. The van der Waals surface area contributed by atoms with Crippen LogP contribution in [0.2, 0.25) is 0 Å². The van der Waals surface area contributed by atoms with Crippen LogP contribution in [0.1, 0.15) is 29.2 Å². The topological polar surface area (TPSA) is 93.5 Å². The number of aromatic nitrogens is 2. The standard InChI is InChI=1S/C20H26N4O4S2/c1-12(2)11-24-20-15(13(3)22-24)10-18(29-20)19(25)21-16-9-14(7-8-17(16)28-6)30(26,27)23(4)5/h7-10,12H,11H2,1-6H3,(H,21,25). The average molecular weight is 451 g/mol. The molecule has 1 aromatic carbocycles. The summed E-state index contributed by atoms with van der Waals surface area (Å²) in [7, 11) is 0.737. The van der Waals surface area contributed by atoms with Crippen LogP contribution in [0, 0.1) is 12.8 Å². The average Bonchev–Trinajstić information content (AvgIpc) is 3.22. The number of hydrogen-bond donors (Lipinski definition) is 1. The number of ether oxygens (including phenoxy) is 1. The Morgan fingerprint density at radius 1 is 1.30 bits per heavy atom. The fourth-order valence-corrected chi connectivity index (χ4v) is 5.03. The molecule has 10 heteroatoms. The Balaban J connectivity index is 1.96. The number of carbonyl (C=O) groups excluding carboxylic acids is 1. The van der Waals surface area contributed by atoms with E-state index in [4.69, 9.17) is 4.74 Å².